The fourth-order valence-corrected chi connectivity index (χ4v) is 1.72. The predicted octanol–water partition coefficient (Wildman–Crippen LogP) is 0.801. The molecule has 2 nitrogen and oxygen atoms in total. The van der Waals surface area contributed by atoms with E-state index in [1.807, 2.05) is 0 Å². The Morgan fingerprint density at radius 3 is 2.80 bits per heavy atom. The monoisotopic (exact) mass is 138 g/mol. The summed E-state index contributed by atoms with van der Waals surface area (Å²) >= 11 is 0. The van der Waals surface area contributed by atoms with E-state index in [0.29, 0.717) is 12.8 Å². The van der Waals surface area contributed by atoms with Crippen LogP contribution in [0.15, 0.2) is 11.1 Å². The molecular weight excluding hydrogens is 128 g/mol. The predicted molar refractivity (Wildman–Crippen MR) is 36.5 cm³/mol. The number of carbonyl (C=O) groups is 1. The van der Waals surface area contributed by atoms with Gasteiger partial charge in [0.05, 0.1) is 6.10 Å². The van der Waals surface area contributed by atoms with Crippen LogP contribution in [0.1, 0.15) is 25.7 Å². The van der Waals surface area contributed by atoms with Gasteiger partial charge in [-0.05, 0) is 24.0 Å². The average Bonchev–Trinajstić information content (AvgIpc) is 1.91. The van der Waals surface area contributed by atoms with Gasteiger partial charge in [0, 0.05) is 12.8 Å². The van der Waals surface area contributed by atoms with Crippen molar-refractivity contribution in [1.82, 2.24) is 0 Å². The van der Waals surface area contributed by atoms with Gasteiger partial charge in [-0.1, -0.05) is 0 Å². The molecule has 2 aliphatic rings. The smallest absolute Gasteiger partial charge is 0.159 e. The minimum Gasteiger partial charge on any atom is -0.388 e. The number of aliphatic hydroxyl groups is 1. The Kier molecular flexibility index (Phi) is 1.17. The molecular formula is C8H10O2. The van der Waals surface area contributed by atoms with Crippen LogP contribution in [0.3, 0.4) is 0 Å². The van der Waals surface area contributed by atoms with Crippen LogP contribution < -0.4 is 0 Å². The second kappa shape index (κ2) is 1.92. The van der Waals surface area contributed by atoms with Crippen LogP contribution in [0.4, 0.5) is 0 Å². The normalized spacial score (nSPS) is 31.7. The molecule has 0 saturated heterocycles. The first-order valence-electron chi connectivity index (χ1n) is 3.72. The minimum atomic E-state index is -0.278. The zero-order chi connectivity index (χ0) is 7.14. The maximum absolute atomic E-state index is 11.0. The van der Waals surface area contributed by atoms with Gasteiger partial charge < -0.3 is 5.11 Å². The molecule has 1 N–H and O–H groups in total. The summed E-state index contributed by atoms with van der Waals surface area (Å²) in [7, 11) is 0. The number of aliphatic hydroxyl groups excluding tert-OH is 1. The van der Waals surface area contributed by atoms with Crippen molar-refractivity contribution in [3.05, 3.63) is 11.1 Å². The Bertz CT molecular complexity index is 215. The van der Waals surface area contributed by atoms with Crippen molar-refractivity contribution < 1.29 is 9.90 Å². The number of carbonyl (C=O) groups excluding carboxylic acids is 1. The third kappa shape index (κ3) is 0.655. The first-order chi connectivity index (χ1) is 4.79. The lowest BCUT2D eigenvalue weighted by Crippen LogP contribution is -2.31. The third-order valence-electron chi connectivity index (χ3n) is 2.37. The first kappa shape index (κ1) is 6.10. The number of rotatable bonds is 0. The highest BCUT2D eigenvalue weighted by molar-refractivity contribution is 5.98. The number of Topliss-reactive ketones (excluding diaryl/α,β-unsaturated/α-hetero) is 1. The van der Waals surface area contributed by atoms with Crippen molar-refractivity contribution >= 4 is 5.78 Å². The quantitative estimate of drug-likeness (QED) is 0.537. The second-order valence-corrected chi connectivity index (χ2v) is 3.00. The van der Waals surface area contributed by atoms with E-state index in [-0.39, 0.29) is 11.9 Å². The molecule has 1 atom stereocenters. The lowest BCUT2D eigenvalue weighted by atomic mass is 9.75. The number of ketones is 1. The van der Waals surface area contributed by atoms with Gasteiger partial charge >= 0.3 is 0 Å². The van der Waals surface area contributed by atoms with Crippen molar-refractivity contribution in [3.63, 3.8) is 0 Å². The molecule has 0 aromatic carbocycles. The summed E-state index contributed by atoms with van der Waals surface area (Å²) in [5.74, 6) is 0.270. The van der Waals surface area contributed by atoms with Crippen LogP contribution in [0, 0.1) is 0 Å². The molecule has 0 aliphatic heterocycles. The van der Waals surface area contributed by atoms with Crippen LogP contribution in [-0.2, 0) is 4.79 Å². The van der Waals surface area contributed by atoms with E-state index in [0.717, 1.165) is 24.0 Å². The van der Waals surface area contributed by atoms with Gasteiger partial charge in [0.25, 0.3) is 0 Å². The molecule has 0 amide bonds. The lowest BCUT2D eigenvalue weighted by Gasteiger charge is -2.32. The van der Waals surface area contributed by atoms with Crippen LogP contribution in [0.2, 0.25) is 0 Å². The molecule has 0 spiro atoms. The van der Waals surface area contributed by atoms with Crippen LogP contribution in [0.5, 0.6) is 0 Å². The zero-order valence-corrected chi connectivity index (χ0v) is 5.76. The molecule has 0 heterocycles. The van der Waals surface area contributed by atoms with Gasteiger partial charge in [0.15, 0.2) is 5.78 Å². The minimum absolute atomic E-state index is 0.270. The molecule has 0 aromatic rings. The average molecular weight is 138 g/mol. The van der Waals surface area contributed by atoms with Gasteiger partial charge in [0.1, 0.15) is 0 Å². The Morgan fingerprint density at radius 1 is 1.40 bits per heavy atom. The summed E-state index contributed by atoms with van der Waals surface area (Å²) < 4.78 is 0. The maximum atomic E-state index is 11.0. The molecule has 0 fully saturated rings. The molecule has 1 unspecified atom stereocenters. The fraction of sp³-hybridized carbons (Fsp3) is 0.625. The Balaban J connectivity index is 2.30. The van der Waals surface area contributed by atoms with Gasteiger partial charge in [-0.2, -0.15) is 0 Å². The number of hydrogen-bond acceptors (Lipinski definition) is 2. The van der Waals surface area contributed by atoms with E-state index in [4.69, 9.17) is 5.11 Å². The Labute approximate surface area is 59.5 Å². The summed E-state index contributed by atoms with van der Waals surface area (Å²) in [5, 5.41) is 9.15. The summed E-state index contributed by atoms with van der Waals surface area (Å²) in [6.45, 7) is 0. The summed E-state index contributed by atoms with van der Waals surface area (Å²) in [5.41, 5.74) is 1.95. The molecule has 2 heteroatoms. The van der Waals surface area contributed by atoms with Gasteiger partial charge in [-0.15, -0.1) is 0 Å². The van der Waals surface area contributed by atoms with Gasteiger partial charge in [0.2, 0.25) is 0 Å². The number of hydrogen-bond donors (Lipinski definition) is 1. The lowest BCUT2D eigenvalue weighted by molar-refractivity contribution is -0.117. The van der Waals surface area contributed by atoms with E-state index in [1.165, 1.54) is 0 Å². The second-order valence-electron chi connectivity index (χ2n) is 3.00. The zero-order valence-electron chi connectivity index (χ0n) is 5.76. The van der Waals surface area contributed by atoms with E-state index in [9.17, 15) is 4.79 Å². The van der Waals surface area contributed by atoms with Crippen LogP contribution in [-0.4, -0.2) is 17.0 Å². The van der Waals surface area contributed by atoms with E-state index >= 15 is 0 Å². The van der Waals surface area contributed by atoms with E-state index in [2.05, 4.69) is 0 Å². The van der Waals surface area contributed by atoms with E-state index in [1.54, 1.807) is 0 Å². The van der Waals surface area contributed by atoms with Crippen molar-refractivity contribution in [2.45, 2.75) is 31.8 Å². The highest BCUT2D eigenvalue weighted by Crippen LogP contribution is 2.37. The Hall–Kier alpha value is -0.630. The molecule has 0 radical (unpaired) electrons. The largest absolute Gasteiger partial charge is 0.388 e. The SMILES string of the molecule is O=C1CCCC2=C1CC2O. The summed E-state index contributed by atoms with van der Waals surface area (Å²) in [6.07, 6.45) is 2.93. The standard InChI is InChI=1S/C8H10O2/c9-7-3-1-2-5-6(7)4-8(5)10/h8,10H,1-4H2. The van der Waals surface area contributed by atoms with Crippen molar-refractivity contribution in [2.75, 3.05) is 0 Å². The van der Waals surface area contributed by atoms with Crippen molar-refractivity contribution in [2.24, 2.45) is 0 Å². The van der Waals surface area contributed by atoms with Gasteiger partial charge in [-0.25, -0.2) is 0 Å². The fourth-order valence-electron chi connectivity index (χ4n) is 1.72. The molecule has 0 aromatic heterocycles. The van der Waals surface area contributed by atoms with E-state index < -0.39 is 0 Å². The molecule has 54 valence electrons. The summed E-state index contributed by atoms with van der Waals surface area (Å²) in [4.78, 5) is 11.0. The molecule has 2 rings (SSSR count). The van der Waals surface area contributed by atoms with Crippen LogP contribution >= 0.6 is 0 Å². The maximum Gasteiger partial charge on any atom is 0.159 e. The van der Waals surface area contributed by atoms with Crippen LogP contribution in [0.25, 0.3) is 0 Å². The van der Waals surface area contributed by atoms with Crippen molar-refractivity contribution in [1.29, 1.82) is 0 Å². The first-order valence-corrected chi connectivity index (χ1v) is 3.72. The molecule has 10 heavy (non-hydrogen) atoms. The molecule has 0 bridgehead atoms. The third-order valence-corrected chi connectivity index (χ3v) is 2.37. The van der Waals surface area contributed by atoms with Gasteiger partial charge in [-0.3, -0.25) is 4.79 Å². The molecule has 0 saturated carbocycles. The highest BCUT2D eigenvalue weighted by atomic mass is 16.3. The Morgan fingerprint density at radius 2 is 2.20 bits per heavy atom. The summed E-state index contributed by atoms with van der Waals surface area (Å²) in [6, 6.07) is 0. The molecule has 2 aliphatic carbocycles. The topological polar surface area (TPSA) is 37.3 Å². The van der Waals surface area contributed by atoms with Crippen molar-refractivity contribution in [3.8, 4) is 0 Å². The highest BCUT2D eigenvalue weighted by Gasteiger charge is 2.33.